The number of aliphatic hydroxyl groups excluding tert-OH is 1. The van der Waals surface area contributed by atoms with Gasteiger partial charge in [0.1, 0.15) is 0 Å². The molecule has 1 atom stereocenters. The summed E-state index contributed by atoms with van der Waals surface area (Å²) in [4.78, 5) is 23.6. The number of rotatable bonds is 4. The van der Waals surface area contributed by atoms with Crippen molar-refractivity contribution < 1.29 is 14.7 Å². The fourth-order valence-electron chi connectivity index (χ4n) is 2.09. The molecule has 0 radical (unpaired) electrons. The Bertz CT molecular complexity index is 718. The molecule has 0 aliphatic rings. The summed E-state index contributed by atoms with van der Waals surface area (Å²) in [5.41, 5.74) is 2.05. The van der Waals surface area contributed by atoms with E-state index in [1.807, 2.05) is 19.1 Å². The molecule has 0 aromatic heterocycles. The van der Waals surface area contributed by atoms with Crippen molar-refractivity contribution >= 4 is 29.1 Å². The van der Waals surface area contributed by atoms with Gasteiger partial charge in [0.15, 0.2) is 0 Å². The Kier molecular flexibility index (Phi) is 5.73. The van der Waals surface area contributed by atoms with Crippen molar-refractivity contribution in [1.29, 1.82) is 0 Å². The monoisotopic (exact) mass is 332 g/mol. The predicted molar refractivity (Wildman–Crippen MR) is 89.2 cm³/mol. The average Bonchev–Trinajstić information content (AvgIpc) is 2.52. The standard InChI is InChI=1S/C17H17ClN2O3/c1-11-5-2-3-8-14(11)15(21)10-19-16(22)17(23)20-13-7-4-6-12(18)9-13/h2-9,15,21H,10H2,1H3,(H,19,22)(H,20,23)/t15-/m0/s1. The number of carbonyl (C=O) groups excluding carboxylic acids is 2. The molecule has 0 aliphatic heterocycles. The van der Waals surface area contributed by atoms with Gasteiger partial charge in [-0.1, -0.05) is 41.9 Å². The van der Waals surface area contributed by atoms with Crippen LogP contribution >= 0.6 is 11.6 Å². The van der Waals surface area contributed by atoms with E-state index in [0.717, 1.165) is 5.56 Å². The number of amides is 2. The van der Waals surface area contributed by atoms with Gasteiger partial charge < -0.3 is 15.7 Å². The van der Waals surface area contributed by atoms with E-state index < -0.39 is 17.9 Å². The van der Waals surface area contributed by atoms with Crippen LogP contribution in [-0.4, -0.2) is 23.5 Å². The molecule has 0 saturated heterocycles. The molecule has 23 heavy (non-hydrogen) atoms. The molecule has 0 spiro atoms. The average molecular weight is 333 g/mol. The molecule has 0 bridgehead atoms. The third-order valence-corrected chi connectivity index (χ3v) is 3.53. The topological polar surface area (TPSA) is 78.4 Å². The zero-order valence-electron chi connectivity index (χ0n) is 12.5. The molecule has 0 saturated carbocycles. The lowest BCUT2D eigenvalue weighted by atomic mass is 10.0. The highest BCUT2D eigenvalue weighted by Gasteiger charge is 2.16. The van der Waals surface area contributed by atoms with E-state index >= 15 is 0 Å². The lowest BCUT2D eigenvalue weighted by Gasteiger charge is -2.14. The molecule has 2 amide bonds. The highest BCUT2D eigenvalue weighted by Crippen LogP contribution is 2.16. The molecule has 0 heterocycles. The van der Waals surface area contributed by atoms with Crippen molar-refractivity contribution in [1.82, 2.24) is 5.32 Å². The first kappa shape index (κ1) is 17.0. The van der Waals surface area contributed by atoms with E-state index in [1.165, 1.54) is 6.07 Å². The molecular formula is C17H17ClN2O3. The molecule has 2 rings (SSSR count). The second-order valence-electron chi connectivity index (χ2n) is 5.05. The van der Waals surface area contributed by atoms with Gasteiger partial charge in [0.05, 0.1) is 6.10 Å². The number of aliphatic hydroxyl groups is 1. The van der Waals surface area contributed by atoms with Crippen LogP contribution in [0.1, 0.15) is 17.2 Å². The summed E-state index contributed by atoms with van der Waals surface area (Å²) in [5, 5.41) is 15.4. The maximum atomic E-state index is 11.8. The van der Waals surface area contributed by atoms with Gasteiger partial charge in [0.2, 0.25) is 0 Å². The van der Waals surface area contributed by atoms with Crippen LogP contribution in [-0.2, 0) is 9.59 Å². The second-order valence-corrected chi connectivity index (χ2v) is 5.48. The van der Waals surface area contributed by atoms with E-state index in [2.05, 4.69) is 10.6 Å². The normalized spacial score (nSPS) is 11.6. The predicted octanol–water partition coefficient (Wildman–Crippen LogP) is 2.44. The minimum atomic E-state index is -0.876. The summed E-state index contributed by atoms with van der Waals surface area (Å²) in [5.74, 6) is -1.64. The summed E-state index contributed by atoms with van der Waals surface area (Å²) in [6.45, 7) is 1.82. The Hall–Kier alpha value is -2.37. The number of carbonyl (C=O) groups is 2. The van der Waals surface area contributed by atoms with Crippen LogP contribution in [0.25, 0.3) is 0 Å². The van der Waals surface area contributed by atoms with Crippen LogP contribution in [0.3, 0.4) is 0 Å². The third kappa shape index (κ3) is 4.81. The highest BCUT2D eigenvalue weighted by molar-refractivity contribution is 6.39. The van der Waals surface area contributed by atoms with E-state index in [1.54, 1.807) is 30.3 Å². The Balaban J connectivity index is 1.89. The molecule has 120 valence electrons. The Morgan fingerprint density at radius 3 is 2.57 bits per heavy atom. The van der Waals surface area contributed by atoms with Crippen LogP contribution in [0, 0.1) is 6.92 Å². The zero-order valence-corrected chi connectivity index (χ0v) is 13.3. The number of aryl methyl sites for hydroxylation is 1. The maximum Gasteiger partial charge on any atom is 0.313 e. The van der Waals surface area contributed by atoms with Gasteiger partial charge in [0, 0.05) is 17.3 Å². The third-order valence-electron chi connectivity index (χ3n) is 3.29. The van der Waals surface area contributed by atoms with Crippen LogP contribution < -0.4 is 10.6 Å². The largest absolute Gasteiger partial charge is 0.387 e. The molecule has 2 aromatic carbocycles. The fraction of sp³-hybridized carbons (Fsp3) is 0.176. The first-order valence-corrected chi connectivity index (χ1v) is 7.43. The number of hydrogen-bond donors (Lipinski definition) is 3. The van der Waals surface area contributed by atoms with Gasteiger partial charge in [-0.25, -0.2) is 0 Å². The van der Waals surface area contributed by atoms with Crippen LogP contribution in [0.2, 0.25) is 5.02 Å². The van der Waals surface area contributed by atoms with Crippen molar-refractivity contribution in [3.63, 3.8) is 0 Å². The molecule has 0 fully saturated rings. The minimum Gasteiger partial charge on any atom is -0.387 e. The van der Waals surface area contributed by atoms with Crippen molar-refractivity contribution in [2.24, 2.45) is 0 Å². The van der Waals surface area contributed by atoms with Crippen LogP contribution in [0.15, 0.2) is 48.5 Å². The van der Waals surface area contributed by atoms with Crippen molar-refractivity contribution in [2.75, 3.05) is 11.9 Å². The minimum absolute atomic E-state index is 0.0490. The number of anilines is 1. The fourth-order valence-corrected chi connectivity index (χ4v) is 2.28. The number of hydrogen-bond acceptors (Lipinski definition) is 3. The molecule has 2 aromatic rings. The van der Waals surface area contributed by atoms with E-state index in [0.29, 0.717) is 16.3 Å². The van der Waals surface area contributed by atoms with Crippen molar-refractivity contribution in [2.45, 2.75) is 13.0 Å². The Labute approximate surface area is 139 Å². The van der Waals surface area contributed by atoms with Gasteiger partial charge >= 0.3 is 11.8 Å². The summed E-state index contributed by atoms with van der Waals surface area (Å²) >= 11 is 5.81. The van der Waals surface area contributed by atoms with E-state index in [4.69, 9.17) is 11.6 Å². The molecule has 6 heteroatoms. The summed E-state index contributed by atoms with van der Waals surface area (Å²) < 4.78 is 0. The van der Waals surface area contributed by atoms with Gasteiger partial charge in [-0.15, -0.1) is 0 Å². The van der Waals surface area contributed by atoms with Gasteiger partial charge in [-0.05, 0) is 36.2 Å². The number of halogens is 1. The molecule has 3 N–H and O–H groups in total. The molecule has 5 nitrogen and oxygen atoms in total. The zero-order chi connectivity index (χ0) is 16.8. The Morgan fingerprint density at radius 1 is 1.13 bits per heavy atom. The van der Waals surface area contributed by atoms with Gasteiger partial charge in [-0.3, -0.25) is 9.59 Å². The molecule has 0 aliphatic carbocycles. The molecular weight excluding hydrogens is 316 g/mol. The summed E-state index contributed by atoms with van der Waals surface area (Å²) in [6, 6.07) is 13.8. The smallest absolute Gasteiger partial charge is 0.313 e. The summed E-state index contributed by atoms with van der Waals surface area (Å²) in [6.07, 6.45) is -0.876. The van der Waals surface area contributed by atoms with E-state index in [-0.39, 0.29) is 6.54 Å². The second kappa shape index (κ2) is 7.76. The van der Waals surface area contributed by atoms with Crippen molar-refractivity contribution in [3.8, 4) is 0 Å². The maximum absolute atomic E-state index is 11.8. The first-order valence-electron chi connectivity index (χ1n) is 7.05. The van der Waals surface area contributed by atoms with E-state index in [9.17, 15) is 14.7 Å². The lowest BCUT2D eigenvalue weighted by Crippen LogP contribution is -2.37. The van der Waals surface area contributed by atoms with Crippen LogP contribution in [0.4, 0.5) is 5.69 Å². The van der Waals surface area contributed by atoms with Gasteiger partial charge in [-0.2, -0.15) is 0 Å². The molecule has 0 unspecified atom stereocenters. The van der Waals surface area contributed by atoms with Crippen LogP contribution in [0.5, 0.6) is 0 Å². The number of nitrogens with one attached hydrogen (secondary N) is 2. The highest BCUT2D eigenvalue weighted by atomic mass is 35.5. The summed E-state index contributed by atoms with van der Waals surface area (Å²) in [7, 11) is 0. The Morgan fingerprint density at radius 2 is 1.87 bits per heavy atom. The first-order chi connectivity index (χ1) is 11.0. The SMILES string of the molecule is Cc1ccccc1[C@@H](O)CNC(=O)C(=O)Nc1cccc(Cl)c1. The van der Waals surface area contributed by atoms with Crippen molar-refractivity contribution in [3.05, 3.63) is 64.7 Å². The van der Waals surface area contributed by atoms with Gasteiger partial charge in [0.25, 0.3) is 0 Å². The quantitative estimate of drug-likeness (QED) is 0.752. The lowest BCUT2D eigenvalue weighted by molar-refractivity contribution is -0.136. The number of benzene rings is 2.